The van der Waals surface area contributed by atoms with Crippen molar-refractivity contribution in [1.82, 2.24) is 0 Å². The summed E-state index contributed by atoms with van der Waals surface area (Å²) >= 11 is 5.79. The smallest absolute Gasteiger partial charge is 0.196 e. The number of ketones is 1. The molecule has 2 aromatic rings. The topological polar surface area (TPSA) is 20.3 Å². The Morgan fingerprint density at radius 2 is 1.74 bits per heavy atom. The lowest BCUT2D eigenvalue weighted by Gasteiger charge is -2.12. The second-order valence-electron chi connectivity index (χ2n) is 4.39. The maximum atomic E-state index is 13.6. The molecule has 0 aliphatic heterocycles. The number of anilines is 1. The molecule has 0 atom stereocenters. The lowest BCUT2D eigenvalue weighted by atomic mass is 10.0. The summed E-state index contributed by atoms with van der Waals surface area (Å²) in [5.74, 6) is -0.934. The SMILES string of the molecule is CN(C)c1ccc(C(=O)c2cc(Cl)ccc2F)cc1. The van der Waals surface area contributed by atoms with Crippen LogP contribution >= 0.6 is 11.6 Å². The van der Waals surface area contributed by atoms with Crippen molar-refractivity contribution in [1.29, 1.82) is 0 Å². The fraction of sp³-hybridized carbons (Fsp3) is 0.133. The summed E-state index contributed by atoms with van der Waals surface area (Å²) in [4.78, 5) is 14.1. The van der Waals surface area contributed by atoms with Crippen molar-refractivity contribution in [3.63, 3.8) is 0 Å². The molecule has 0 radical (unpaired) electrons. The van der Waals surface area contributed by atoms with Gasteiger partial charge in [0.2, 0.25) is 0 Å². The summed E-state index contributed by atoms with van der Waals surface area (Å²) in [5.41, 5.74) is 1.40. The minimum atomic E-state index is -0.564. The highest BCUT2D eigenvalue weighted by Crippen LogP contribution is 2.20. The van der Waals surface area contributed by atoms with Crippen molar-refractivity contribution < 1.29 is 9.18 Å². The van der Waals surface area contributed by atoms with E-state index in [0.717, 1.165) is 5.69 Å². The number of hydrogen-bond acceptors (Lipinski definition) is 2. The molecule has 0 saturated carbocycles. The van der Waals surface area contributed by atoms with Gasteiger partial charge in [0.25, 0.3) is 0 Å². The van der Waals surface area contributed by atoms with Gasteiger partial charge >= 0.3 is 0 Å². The first-order valence-electron chi connectivity index (χ1n) is 5.76. The Kier molecular flexibility index (Phi) is 3.86. The Bertz CT molecular complexity index is 608. The fourth-order valence-electron chi connectivity index (χ4n) is 1.74. The molecular formula is C15H13ClFNO. The number of benzene rings is 2. The molecule has 0 heterocycles. The Morgan fingerprint density at radius 3 is 2.32 bits per heavy atom. The van der Waals surface area contributed by atoms with E-state index in [-0.39, 0.29) is 11.3 Å². The fourth-order valence-corrected chi connectivity index (χ4v) is 1.91. The standard InChI is InChI=1S/C15H13ClFNO/c1-18(2)12-6-3-10(4-7-12)15(19)13-9-11(16)5-8-14(13)17/h3-9H,1-2H3. The molecule has 98 valence electrons. The molecule has 2 nitrogen and oxygen atoms in total. The van der Waals surface area contributed by atoms with Gasteiger partial charge in [-0.05, 0) is 42.5 Å². The number of carbonyl (C=O) groups excluding carboxylic acids is 1. The minimum Gasteiger partial charge on any atom is -0.378 e. The molecule has 0 N–H and O–H groups in total. The van der Waals surface area contributed by atoms with Crippen LogP contribution in [-0.2, 0) is 0 Å². The van der Waals surface area contributed by atoms with E-state index >= 15 is 0 Å². The van der Waals surface area contributed by atoms with E-state index in [1.165, 1.54) is 18.2 Å². The highest BCUT2D eigenvalue weighted by atomic mass is 35.5. The van der Waals surface area contributed by atoms with Gasteiger partial charge in [-0.2, -0.15) is 0 Å². The van der Waals surface area contributed by atoms with Gasteiger partial charge in [-0.25, -0.2) is 4.39 Å². The van der Waals surface area contributed by atoms with Gasteiger partial charge in [-0.1, -0.05) is 11.6 Å². The summed E-state index contributed by atoms with van der Waals surface area (Å²) in [6.07, 6.45) is 0. The number of rotatable bonds is 3. The van der Waals surface area contributed by atoms with Crippen molar-refractivity contribution >= 4 is 23.1 Å². The summed E-state index contributed by atoms with van der Waals surface area (Å²) in [5, 5.41) is 0.342. The monoisotopic (exact) mass is 277 g/mol. The lowest BCUT2D eigenvalue weighted by molar-refractivity contribution is 0.103. The average molecular weight is 278 g/mol. The lowest BCUT2D eigenvalue weighted by Crippen LogP contribution is -2.09. The molecule has 2 aromatic carbocycles. The molecule has 0 fully saturated rings. The second-order valence-corrected chi connectivity index (χ2v) is 4.83. The quantitative estimate of drug-likeness (QED) is 0.796. The van der Waals surface area contributed by atoms with Crippen molar-refractivity contribution in [3.05, 3.63) is 64.4 Å². The van der Waals surface area contributed by atoms with E-state index in [1.54, 1.807) is 12.1 Å². The highest BCUT2D eigenvalue weighted by Gasteiger charge is 2.14. The Labute approximate surface area is 116 Å². The highest BCUT2D eigenvalue weighted by molar-refractivity contribution is 6.31. The molecule has 0 saturated heterocycles. The molecule has 0 bridgehead atoms. The zero-order valence-corrected chi connectivity index (χ0v) is 11.4. The largest absolute Gasteiger partial charge is 0.378 e. The molecule has 19 heavy (non-hydrogen) atoms. The molecule has 0 amide bonds. The predicted molar refractivity (Wildman–Crippen MR) is 75.6 cm³/mol. The summed E-state index contributed by atoms with van der Waals surface area (Å²) < 4.78 is 13.6. The van der Waals surface area contributed by atoms with Crippen LogP contribution in [0.3, 0.4) is 0 Å². The van der Waals surface area contributed by atoms with Gasteiger partial charge in [0.05, 0.1) is 5.56 Å². The van der Waals surface area contributed by atoms with E-state index in [4.69, 9.17) is 11.6 Å². The van der Waals surface area contributed by atoms with Crippen LogP contribution in [-0.4, -0.2) is 19.9 Å². The van der Waals surface area contributed by atoms with E-state index < -0.39 is 5.82 Å². The van der Waals surface area contributed by atoms with Gasteiger partial charge in [0.15, 0.2) is 5.78 Å². The maximum absolute atomic E-state index is 13.6. The Morgan fingerprint density at radius 1 is 1.11 bits per heavy atom. The van der Waals surface area contributed by atoms with Crippen molar-refractivity contribution in [2.75, 3.05) is 19.0 Å². The molecule has 0 aromatic heterocycles. The average Bonchev–Trinajstić information content (AvgIpc) is 2.41. The third-order valence-electron chi connectivity index (χ3n) is 2.82. The van der Waals surface area contributed by atoms with Crippen LogP contribution in [0.2, 0.25) is 5.02 Å². The maximum Gasteiger partial charge on any atom is 0.196 e. The van der Waals surface area contributed by atoms with Gasteiger partial charge in [-0.3, -0.25) is 4.79 Å². The van der Waals surface area contributed by atoms with Crippen molar-refractivity contribution in [2.45, 2.75) is 0 Å². The third-order valence-corrected chi connectivity index (χ3v) is 3.05. The molecule has 4 heteroatoms. The van der Waals surface area contributed by atoms with Crippen LogP contribution in [0.25, 0.3) is 0 Å². The number of carbonyl (C=O) groups is 1. The van der Waals surface area contributed by atoms with Crippen LogP contribution in [0.5, 0.6) is 0 Å². The van der Waals surface area contributed by atoms with Crippen molar-refractivity contribution in [2.24, 2.45) is 0 Å². The van der Waals surface area contributed by atoms with Crippen LogP contribution in [0.1, 0.15) is 15.9 Å². The van der Waals surface area contributed by atoms with Crippen LogP contribution < -0.4 is 4.90 Å². The molecular weight excluding hydrogens is 265 g/mol. The molecule has 0 aliphatic rings. The molecule has 0 unspecified atom stereocenters. The van der Waals surface area contributed by atoms with Crippen LogP contribution in [0, 0.1) is 5.82 Å². The van der Waals surface area contributed by atoms with Gasteiger partial charge < -0.3 is 4.90 Å². The summed E-state index contributed by atoms with van der Waals surface area (Å²) in [6, 6.07) is 11.0. The van der Waals surface area contributed by atoms with Crippen LogP contribution in [0.15, 0.2) is 42.5 Å². The normalized spacial score (nSPS) is 10.3. The van der Waals surface area contributed by atoms with E-state index in [1.807, 2.05) is 31.1 Å². The Balaban J connectivity index is 2.36. The van der Waals surface area contributed by atoms with E-state index in [0.29, 0.717) is 10.6 Å². The summed E-state index contributed by atoms with van der Waals surface area (Å²) in [7, 11) is 3.82. The zero-order chi connectivity index (χ0) is 14.0. The first kappa shape index (κ1) is 13.6. The van der Waals surface area contributed by atoms with Gasteiger partial charge in [0, 0.05) is 30.4 Å². The van der Waals surface area contributed by atoms with E-state index in [9.17, 15) is 9.18 Å². The summed E-state index contributed by atoms with van der Waals surface area (Å²) in [6.45, 7) is 0. The zero-order valence-electron chi connectivity index (χ0n) is 10.7. The van der Waals surface area contributed by atoms with Crippen molar-refractivity contribution in [3.8, 4) is 0 Å². The minimum absolute atomic E-state index is 0.00916. The van der Waals surface area contributed by atoms with Crippen LogP contribution in [0.4, 0.5) is 10.1 Å². The predicted octanol–water partition coefficient (Wildman–Crippen LogP) is 3.78. The van der Waals surface area contributed by atoms with Gasteiger partial charge in [-0.15, -0.1) is 0 Å². The number of nitrogens with zero attached hydrogens (tertiary/aromatic N) is 1. The molecule has 0 aliphatic carbocycles. The van der Waals surface area contributed by atoms with E-state index in [2.05, 4.69) is 0 Å². The Hall–Kier alpha value is -1.87. The number of halogens is 2. The third kappa shape index (κ3) is 2.93. The second kappa shape index (κ2) is 5.41. The van der Waals surface area contributed by atoms with Gasteiger partial charge in [0.1, 0.15) is 5.82 Å². The first-order chi connectivity index (χ1) is 8.99. The first-order valence-corrected chi connectivity index (χ1v) is 6.14. The molecule has 2 rings (SSSR count). The number of hydrogen-bond donors (Lipinski definition) is 0. The molecule has 0 spiro atoms.